The van der Waals surface area contributed by atoms with E-state index in [4.69, 9.17) is 15.7 Å². The van der Waals surface area contributed by atoms with Crippen molar-refractivity contribution in [3.8, 4) is 11.9 Å². The van der Waals surface area contributed by atoms with Gasteiger partial charge >= 0.3 is 0 Å². The van der Waals surface area contributed by atoms with Gasteiger partial charge in [0, 0.05) is 24.1 Å². The fraction of sp³-hybridized carbons (Fsp3) is 0.167. The zero-order valence-corrected chi connectivity index (χ0v) is 13.8. The Kier molecular flexibility index (Phi) is 4.81. The molecule has 3 N–H and O–H groups in total. The second-order valence-corrected chi connectivity index (χ2v) is 5.35. The summed E-state index contributed by atoms with van der Waals surface area (Å²) in [6.07, 6.45) is 3.68. The van der Waals surface area contributed by atoms with Crippen LogP contribution in [0.1, 0.15) is 18.1 Å². The van der Waals surface area contributed by atoms with Crippen molar-refractivity contribution >= 4 is 17.2 Å². The van der Waals surface area contributed by atoms with Crippen molar-refractivity contribution in [2.45, 2.75) is 13.5 Å². The maximum Gasteiger partial charge on any atom is 0.235 e. The fourth-order valence-electron chi connectivity index (χ4n) is 2.38. The fourth-order valence-corrected chi connectivity index (χ4v) is 2.38. The van der Waals surface area contributed by atoms with E-state index in [0.717, 1.165) is 11.3 Å². The van der Waals surface area contributed by atoms with Gasteiger partial charge in [0.15, 0.2) is 0 Å². The molecule has 0 aliphatic heterocycles. The molecule has 0 amide bonds. The lowest BCUT2D eigenvalue weighted by Gasteiger charge is -2.11. The number of benzene rings is 1. The zero-order valence-electron chi connectivity index (χ0n) is 13.8. The first-order valence-electron chi connectivity index (χ1n) is 7.86. The molecule has 1 aromatic carbocycles. The Labute approximate surface area is 145 Å². The highest BCUT2D eigenvalue weighted by Crippen LogP contribution is 2.27. The van der Waals surface area contributed by atoms with Crippen molar-refractivity contribution in [2.75, 3.05) is 17.7 Å². The first-order chi connectivity index (χ1) is 12.2. The Hall–Kier alpha value is -3.53. The lowest BCUT2D eigenvalue weighted by atomic mass is 10.2. The minimum absolute atomic E-state index is 0.239. The molecule has 0 atom stereocenters. The number of aromatic nitrogens is 3. The molecule has 0 spiro atoms. The molecule has 2 heterocycles. The predicted molar refractivity (Wildman–Crippen MR) is 95.6 cm³/mol. The monoisotopic (exact) mass is 334 g/mol. The van der Waals surface area contributed by atoms with Crippen molar-refractivity contribution < 1.29 is 4.74 Å². The minimum atomic E-state index is 0.239. The average Bonchev–Trinajstić information content (AvgIpc) is 3.10. The molecule has 0 aliphatic carbocycles. The summed E-state index contributed by atoms with van der Waals surface area (Å²) in [6.45, 7) is 2.95. The molecular weight excluding hydrogens is 316 g/mol. The number of anilines is 3. The number of nitrogens with zero attached hydrogens (tertiary/aromatic N) is 4. The van der Waals surface area contributed by atoms with Crippen LogP contribution in [0.25, 0.3) is 0 Å². The maximum atomic E-state index is 9.17. The van der Waals surface area contributed by atoms with Crippen LogP contribution < -0.4 is 15.8 Å². The van der Waals surface area contributed by atoms with Crippen LogP contribution in [0.4, 0.5) is 17.2 Å². The molecule has 7 nitrogen and oxygen atoms in total. The standard InChI is InChI=1S/C18H18N6O/c1-2-25-18-15(11-19)16(20)10-17(23-18)22-14-6-4-13(5-7-14)12-24-9-3-8-21-24/h3-10H,2,12H2,1H3,(H3,20,22,23). The van der Waals surface area contributed by atoms with E-state index >= 15 is 0 Å². The molecule has 0 saturated carbocycles. The lowest BCUT2D eigenvalue weighted by molar-refractivity contribution is 0.326. The summed E-state index contributed by atoms with van der Waals surface area (Å²) in [4.78, 5) is 4.32. The zero-order chi connectivity index (χ0) is 17.6. The molecule has 3 rings (SSSR count). The first-order valence-corrected chi connectivity index (χ1v) is 7.86. The van der Waals surface area contributed by atoms with Crippen molar-refractivity contribution in [1.82, 2.24) is 14.8 Å². The first kappa shape index (κ1) is 16.3. The van der Waals surface area contributed by atoms with Crippen LogP contribution in [0.3, 0.4) is 0 Å². The summed E-state index contributed by atoms with van der Waals surface area (Å²) in [7, 11) is 0. The second kappa shape index (κ2) is 7.36. The van der Waals surface area contributed by atoms with Crippen LogP contribution in [0.2, 0.25) is 0 Å². The van der Waals surface area contributed by atoms with Crippen molar-refractivity contribution in [3.05, 3.63) is 59.9 Å². The number of ether oxygens (including phenoxy) is 1. The third-order valence-electron chi connectivity index (χ3n) is 3.54. The van der Waals surface area contributed by atoms with E-state index in [1.807, 2.05) is 54.2 Å². The van der Waals surface area contributed by atoms with Gasteiger partial charge in [0.2, 0.25) is 5.88 Å². The van der Waals surface area contributed by atoms with E-state index in [1.165, 1.54) is 0 Å². The third kappa shape index (κ3) is 3.87. The number of rotatable bonds is 6. The third-order valence-corrected chi connectivity index (χ3v) is 3.54. The van der Waals surface area contributed by atoms with Gasteiger partial charge in [0.05, 0.1) is 18.8 Å². The van der Waals surface area contributed by atoms with Gasteiger partial charge in [-0.15, -0.1) is 0 Å². The number of hydrogen-bond acceptors (Lipinski definition) is 6. The number of nitriles is 1. The normalized spacial score (nSPS) is 10.2. The Morgan fingerprint density at radius 3 is 2.76 bits per heavy atom. The molecule has 0 radical (unpaired) electrons. The number of pyridine rings is 1. The Bertz CT molecular complexity index is 881. The van der Waals surface area contributed by atoms with Gasteiger partial charge in [-0.3, -0.25) is 4.68 Å². The Morgan fingerprint density at radius 2 is 2.12 bits per heavy atom. The molecular formula is C18H18N6O. The number of nitrogen functional groups attached to an aromatic ring is 1. The van der Waals surface area contributed by atoms with E-state index in [-0.39, 0.29) is 11.4 Å². The average molecular weight is 334 g/mol. The van der Waals surface area contributed by atoms with Crippen molar-refractivity contribution in [3.63, 3.8) is 0 Å². The van der Waals surface area contributed by atoms with Gasteiger partial charge in [0.1, 0.15) is 17.5 Å². The summed E-state index contributed by atoms with van der Waals surface area (Å²) in [5.74, 6) is 0.766. The SMILES string of the molecule is CCOc1nc(Nc2ccc(Cn3cccn3)cc2)cc(N)c1C#N. The Balaban J connectivity index is 1.77. The molecule has 7 heteroatoms. The van der Waals surface area contributed by atoms with Crippen LogP contribution >= 0.6 is 0 Å². The molecule has 2 aromatic heterocycles. The van der Waals surface area contributed by atoms with E-state index in [0.29, 0.717) is 24.7 Å². The number of nitrogens with two attached hydrogens (primary N) is 1. The molecule has 126 valence electrons. The minimum Gasteiger partial charge on any atom is -0.477 e. The lowest BCUT2D eigenvalue weighted by Crippen LogP contribution is -2.04. The van der Waals surface area contributed by atoms with E-state index < -0.39 is 0 Å². The van der Waals surface area contributed by atoms with Gasteiger partial charge in [-0.1, -0.05) is 12.1 Å². The molecule has 0 aliphatic rings. The van der Waals surface area contributed by atoms with Crippen LogP contribution in [0.15, 0.2) is 48.8 Å². The maximum absolute atomic E-state index is 9.17. The summed E-state index contributed by atoms with van der Waals surface area (Å²) >= 11 is 0. The van der Waals surface area contributed by atoms with Gasteiger partial charge in [-0.05, 0) is 30.7 Å². The topological polar surface area (TPSA) is 102 Å². The second-order valence-electron chi connectivity index (χ2n) is 5.35. The molecule has 0 saturated heterocycles. The van der Waals surface area contributed by atoms with Gasteiger partial charge in [0.25, 0.3) is 0 Å². The molecule has 0 unspecified atom stereocenters. The predicted octanol–water partition coefficient (Wildman–Crippen LogP) is 2.92. The summed E-state index contributed by atoms with van der Waals surface area (Å²) < 4.78 is 7.26. The van der Waals surface area contributed by atoms with Crippen LogP contribution in [0.5, 0.6) is 5.88 Å². The van der Waals surface area contributed by atoms with E-state index in [2.05, 4.69) is 15.4 Å². The largest absolute Gasteiger partial charge is 0.477 e. The highest BCUT2D eigenvalue weighted by Gasteiger charge is 2.12. The highest BCUT2D eigenvalue weighted by atomic mass is 16.5. The summed E-state index contributed by atoms with van der Waals surface area (Å²) in [6, 6.07) is 13.5. The Morgan fingerprint density at radius 1 is 1.32 bits per heavy atom. The van der Waals surface area contributed by atoms with Gasteiger partial charge < -0.3 is 15.8 Å². The van der Waals surface area contributed by atoms with Crippen molar-refractivity contribution in [1.29, 1.82) is 5.26 Å². The quantitative estimate of drug-likeness (QED) is 0.718. The number of nitrogens with one attached hydrogen (secondary N) is 1. The smallest absolute Gasteiger partial charge is 0.235 e. The van der Waals surface area contributed by atoms with Gasteiger partial charge in [-0.2, -0.15) is 15.3 Å². The summed E-state index contributed by atoms with van der Waals surface area (Å²) in [5.41, 5.74) is 8.51. The molecule has 0 fully saturated rings. The van der Waals surface area contributed by atoms with Crippen molar-refractivity contribution in [2.24, 2.45) is 0 Å². The molecule has 3 aromatic rings. The van der Waals surface area contributed by atoms with Crippen LogP contribution in [-0.2, 0) is 6.54 Å². The molecule has 25 heavy (non-hydrogen) atoms. The highest BCUT2D eigenvalue weighted by molar-refractivity contribution is 5.67. The van der Waals surface area contributed by atoms with E-state index in [9.17, 15) is 0 Å². The van der Waals surface area contributed by atoms with E-state index in [1.54, 1.807) is 12.3 Å². The van der Waals surface area contributed by atoms with Crippen LogP contribution in [-0.4, -0.2) is 21.4 Å². The number of hydrogen-bond donors (Lipinski definition) is 2. The van der Waals surface area contributed by atoms with Crippen LogP contribution in [0, 0.1) is 11.3 Å². The summed E-state index contributed by atoms with van der Waals surface area (Å²) in [5, 5.41) is 16.5. The van der Waals surface area contributed by atoms with Gasteiger partial charge in [-0.25, -0.2) is 0 Å². The molecule has 0 bridgehead atoms.